The molecular weight excluding hydrogens is 543 g/mol. The van der Waals surface area contributed by atoms with E-state index in [2.05, 4.69) is 4.98 Å². The third kappa shape index (κ3) is 6.31. The van der Waals surface area contributed by atoms with Gasteiger partial charge in [0, 0.05) is 18.1 Å². The Hall–Kier alpha value is -4.48. The minimum Gasteiger partial charge on any atom is -0.475 e. The highest BCUT2D eigenvalue weighted by Gasteiger charge is 2.52. The van der Waals surface area contributed by atoms with E-state index in [1.54, 1.807) is 70.0 Å². The summed E-state index contributed by atoms with van der Waals surface area (Å²) in [5, 5.41) is 8.07. The molecule has 12 heteroatoms. The van der Waals surface area contributed by atoms with E-state index in [0.717, 1.165) is 22.0 Å². The number of urea groups is 1. The van der Waals surface area contributed by atoms with Gasteiger partial charge in [0.1, 0.15) is 5.54 Å². The minimum absolute atomic E-state index is 0.283. The number of hydrogen-bond donors (Lipinski definition) is 1. The van der Waals surface area contributed by atoms with Crippen LogP contribution in [0.15, 0.2) is 60.8 Å². The van der Waals surface area contributed by atoms with Gasteiger partial charge in [0.2, 0.25) is 0 Å². The standard InChI is InChI=1S/C27H29N3O4.C2HF3O2/c1-6-34-24(32)26(2,3)19-11-13-20(14-12-19)30-23(31)27(4,5)29(25(30)33)17-18-15-16-28-22-10-8-7-9-21(18)22;3-2(4,5)1(6)7/h7-16H,6,17H2,1-5H3;(H,6,7). The van der Waals surface area contributed by atoms with Crippen molar-refractivity contribution in [2.24, 2.45) is 0 Å². The quantitative estimate of drug-likeness (QED) is 0.308. The van der Waals surface area contributed by atoms with Crippen molar-refractivity contribution >= 4 is 40.5 Å². The molecule has 9 nitrogen and oxygen atoms in total. The van der Waals surface area contributed by atoms with Crippen LogP contribution in [0.1, 0.15) is 45.7 Å². The van der Waals surface area contributed by atoms with Crippen LogP contribution in [-0.4, -0.2) is 57.2 Å². The van der Waals surface area contributed by atoms with Crippen molar-refractivity contribution in [3.05, 3.63) is 71.9 Å². The lowest BCUT2D eigenvalue weighted by Gasteiger charge is -2.28. The van der Waals surface area contributed by atoms with Crippen molar-refractivity contribution in [2.75, 3.05) is 11.5 Å². The number of nitrogens with zero attached hydrogens (tertiary/aromatic N) is 3. The molecule has 1 N–H and O–H groups in total. The maximum absolute atomic E-state index is 13.5. The van der Waals surface area contributed by atoms with Gasteiger partial charge in [-0.25, -0.2) is 14.5 Å². The molecule has 0 radical (unpaired) electrons. The largest absolute Gasteiger partial charge is 0.490 e. The number of halogens is 3. The van der Waals surface area contributed by atoms with Crippen LogP contribution in [0.25, 0.3) is 10.9 Å². The van der Waals surface area contributed by atoms with Gasteiger partial charge in [0.25, 0.3) is 5.91 Å². The Kier molecular flexibility index (Phi) is 8.75. The molecule has 2 aromatic carbocycles. The van der Waals surface area contributed by atoms with Crippen LogP contribution in [0.5, 0.6) is 0 Å². The maximum Gasteiger partial charge on any atom is 0.490 e. The predicted octanol–water partition coefficient (Wildman–Crippen LogP) is 5.46. The van der Waals surface area contributed by atoms with Gasteiger partial charge in [-0.3, -0.25) is 14.6 Å². The van der Waals surface area contributed by atoms with E-state index < -0.39 is 23.1 Å². The van der Waals surface area contributed by atoms with Crippen molar-refractivity contribution in [2.45, 2.75) is 58.3 Å². The highest BCUT2D eigenvalue weighted by atomic mass is 19.4. The van der Waals surface area contributed by atoms with Crippen molar-refractivity contribution in [3.8, 4) is 0 Å². The van der Waals surface area contributed by atoms with Crippen molar-refractivity contribution in [1.29, 1.82) is 0 Å². The van der Waals surface area contributed by atoms with E-state index in [1.165, 1.54) is 4.90 Å². The molecule has 2 heterocycles. The van der Waals surface area contributed by atoms with Gasteiger partial charge in [-0.15, -0.1) is 0 Å². The van der Waals surface area contributed by atoms with Crippen molar-refractivity contribution in [3.63, 3.8) is 0 Å². The second-order valence-electron chi connectivity index (χ2n) is 10.3. The fourth-order valence-electron chi connectivity index (χ4n) is 4.25. The average Bonchev–Trinajstić information content (AvgIpc) is 3.08. The summed E-state index contributed by atoms with van der Waals surface area (Å²) in [4.78, 5) is 55.3. The molecule has 218 valence electrons. The average molecular weight is 574 g/mol. The number of carbonyl (C=O) groups excluding carboxylic acids is 3. The number of carboxylic acids is 1. The van der Waals surface area contributed by atoms with E-state index in [4.69, 9.17) is 14.6 Å². The summed E-state index contributed by atoms with van der Waals surface area (Å²) in [6.45, 7) is 9.44. The molecule has 1 aliphatic rings. The number of amides is 3. The molecule has 0 saturated carbocycles. The molecule has 3 amide bonds. The zero-order valence-corrected chi connectivity index (χ0v) is 23.2. The van der Waals surface area contributed by atoms with E-state index in [9.17, 15) is 27.6 Å². The Morgan fingerprint density at radius 1 is 1.00 bits per heavy atom. The molecule has 1 fully saturated rings. The van der Waals surface area contributed by atoms with Crippen LogP contribution in [0.3, 0.4) is 0 Å². The minimum atomic E-state index is -5.08. The van der Waals surface area contributed by atoms with Crippen LogP contribution < -0.4 is 4.90 Å². The zero-order valence-electron chi connectivity index (χ0n) is 23.2. The van der Waals surface area contributed by atoms with Gasteiger partial charge >= 0.3 is 24.1 Å². The number of carboxylic acid groups (broad SMARTS) is 1. The van der Waals surface area contributed by atoms with Crippen LogP contribution >= 0.6 is 0 Å². The van der Waals surface area contributed by atoms with Crippen molar-refractivity contribution in [1.82, 2.24) is 9.88 Å². The number of esters is 1. The van der Waals surface area contributed by atoms with Gasteiger partial charge in [-0.05, 0) is 70.0 Å². The number of pyridine rings is 1. The van der Waals surface area contributed by atoms with E-state index >= 15 is 0 Å². The van der Waals surface area contributed by atoms with Gasteiger partial charge in [0.15, 0.2) is 0 Å². The first kappa shape index (κ1) is 31.1. The number of aromatic nitrogens is 1. The number of benzene rings is 2. The van der Waals surface area contributed by atoms with Crippen LogP contribution in [-0.2, 0) is 31.1 Å². The number of fused-ring (bicyclic) bond motifs is 1. The molecule has 0 atom stereocenters. The molecule has 0 aliphatic carbocycles. The lowest BCUT2D eigenvalue weighted by molar-refractivity contribution is -0.192. The predicted molar refractivity (Wildman–Crippen MR) is 144 cm³/mol. The van der Waals surface area contributed by atoms with E-state index in [1.807, 2.05) is 30.3 Å². The number of imide groups is 1. The Balaban J connectivity index is 0.000000587. The SMILES string of the molecule is CCOC(=O)C(C)(C)c1ccc(N2C(=O)N(Cc3ccnc4ccccc34)C(C)(C)C2=O)cc1.O=C(O)C(F)(F)F. The monoisotopic (exact) mass is 573 g/mol. The van der Waals surface area contributed by atoms with Gasteiger partial charge < -0.3 is 14.7 Å². The summed E-state index contributed by atoms with van der Waals surface area (Å²) >= 11 is 0. The van der Waals surface area contributed by atoms with Gasteiger partial charge in [-0.2, -0.15) is 13.2 Å². The third-order valence-corrected chi connectivity index (χ3v) is 6.77. The summed E-state index contributed by atoms with van der Waals surface area (Å²) < 4.78 is 36.9. The number of anilines is 1. The number of carbonyl (C=O) groups is 4. The number of para-hydroxylation sites is 1. The third-order valence-electron chi connectivity index (χ3n) is 6.77. The molecule has 0 spiro atoms. The Morgan fingerprint density at radius 3 is 2.15 bits per heavy atom. The highest BCUT2D eigenvalue weighted by Crippen LogP contribution is 2.35. The van der Waals surface area contributed by atoms with Gasteiger partial charge in [-0.1, -0.05) is 30.3 Å². The molecule has 0 bridgehead atoms. The Bertz CT molecular complexity index is 1460. The molecular formula is C29H30F3N3O6. The van der Waals surface area contributed by atoms with E-state index in [-0.39, 0.29) is 24.5 Å². The number of alkyl halides is 3. The molecule has 1 aliphatic heterocycles. The van der Waals surface area contributed by atoms with Crippen LogP contribution in [0, 0.1) is 0 Å². The fraction of sp³-hybridized carbons (Fsp3) is 0.345. The number of hydrogen-bond acceptors (Lipinski definition) is 6. The highest BCUT2D eigenvalue weighted by molar-refractivity contribution is 6.23. The first-order valence-corrected chi connectivity index (χ1v) is 12.6. The summed E-state index contributed by atoms with van der Waals surface area (Å²) in [7, 11) is 0. The lowest BCUT2D eigenvalue weighted by atomic mass is 9.84. The summed E-state index contributed by atoms with van der Waals surface area (Å²) in [6, 6.07) is 16.2. The van der Waals surface area contributed by atoms with Crippen LogP contribution in [0.2, 0.25) is 0 Å². The Morgan fingerprint density at radius 2 is 1.59 bits per heavy atom. The summed E-state index contributed by atoms with van der Waals surface area (Å²) in [5.41, 5.74) is 1.10. The molecule has 0 unspecified atom stereocenters. The topological polar surface area (TPSA) is 117 Å². The molecule has 4 rings (SSSR count). The lowest BCUT2D eigenvalue weighted by Crippen LogP contribution is -2.43. The second kappa shape index (κ2) is 11.6. The number of aliphatic carboxylic acids is 1. The van der Waals surface area contributed by atoms with Gasteiger partial charge in [0.05, 0.1) is 23.2 Å². The zero-order chi connectivity index (χ0) is 30.8. The fourth-order valence-corrected chi connectivity index (χ4v) is 4.25. The first-order valence-electron chi connectivity index (χ1n) is 12.6. The van der Waals surface area contributed by atoms with Crippen molar-refractivity contribution < 1.29 is 42.2 Å². The van der Waals surface area contributed by atoms with Crippen LogP contribution in [0.4, 0.5) is 23.7 Å². The maximum atomic E-state index is 13.5. The molecule has 3 aromatic rings. The molecule has 41 heavy (non-hydrogen) atoms. The normalized spacial score (nSPS) is 15.0. The summed E-state index contributed by atoms with van der Waals surface area (Å²) in [6.07, 6.45) is -3.37. The Labute approximate surface area is 234 Å². The van der Waals surface area contributed by atoms with E-state index in [0.29, 0.717) is 12.3 Å². The summed E-state index contributed by atoms with van der Waals surface area (Å²) in [5.74, 6) is -3.38. The number of ether oxygens (including phenoxy) is 1. The molecule has 1 saturated heterocycles. The first-order chi connectivity index (χ1) is 19.0. The number of rotatable bonds is 6. The molecule has 1 aromatic heterocycles. The second-order valence-corrected chi connectivity index (χ2v) is 10.3. The smallest absolute Gasteiger partial charge is 0.475 e.